The lowest BCUT2D eigenvalue weighted by Crippen LogP contribution is -2.27. The van der Waals surface area contributed by atoms with Crippen LogP contribution in [0.5, 0.6) is 0 Å². The van der Waals surface area contributed by atoms with Crippen molar-refractivity contribution in [2.45, 2.75) is 31.9 Å². The van der Waals surface area contributed by atoms with Crippen LogP contribution in [0.15, 0.2) is 11.6 Å². The fourth-order valence-corrected chi connectivity index (χ4v) is 2.31. The molecule has 3 nitrogen and oxygen atoms in total. The number of hydrogen-bond donors (Lipinski definition) is 1. The highest BCUT2D eigenvalue weighted by atomic mass is 32.1. The van der Waals surface area contributed by atoms with Crippen molar-refractivity contribution in [2.75, 3.05) is 13.2 Å². The molecule has 2 rings (SSSR count). The summed E-state index contributed by atoms with van der Waals surface area (Å²) >= 11 is 1.66. The van der Waals surface area contributed by atoms with Crippen LogP contribution in [0.3, 0.4) is 0 Å². The van der Waals surface area contributed by atoms with Crippen LogP contribution in [-0.2, 0) is 4.74 Å². The smallest absolute Gasteiger partial charge is 0.121 e. The standard InChI is InChI=1S/C10H16N2OS/c1-8(10-12-5-6-14-10)13-7-9-3-2-4-11-9/h5-6,8-9,11H,2-4,7H2,1H3. The number of aromatic nitrogens is 1. The van der Waals surface area contributed by atoms with Crippen LogP contribution in [-0.4, -0.2) is 24.2 Å². The first kappa shape index (κ1) is 10.1. The minimum atomic E-state index is 0.136. The SMILES string of the molecule is CC(OCC1CCCN1)c1nccs1. The topological polar surface area (TPSA) is 34.1 Å². The summed E-state index contributed by atoms with van der Waals surface area (Å²) in [6.07, 6.45) is 4.48. The molecule has 1 aromatic heterocycles. The normalized spacial score (nSPS) is 23.9. The van der Waals surface area contributed by atoms with Crippen LogP contribution in [0.4, 0.5) is 0 Å². The molecule has 0 radical (unpaired) electrons. The van der Waals surface area contributed by atoms with Gasteiger partial charge in [-0.1, -0.05) is 0 Å². The first-order valence-electron chi connectivity index (χ1n) is 5.10. The van der Waals surface area contributed by atoms with E-state index in [9.17, 15) is 0 Å². The van der Waals surface area contributed by atoms with Gasteiger partial charge in [0.1, 0.15) is 11.1 Å². The summed E-state index contributed by atoms with van der Waals surface area (Å²) in [4.78, 5) is 4.23. The highest BCUT2D eigenvalue weighted by Gasteiger charge is 2.16. The number of ether oxygens (including phenoxy) is 1. The van der Waals surface area contributed by atoms with E-state index in [1.54, 1.807) is 11.3 Å². The van der Waals surface area contributed by atoms with Gasteiger partial charge in [0.25, 0.3) is 0 Å². The minimum absolute atomic E-state index is 0.136. The molecular weight excluding hydrogens is 196 g/mol. The second kappa shape index (κ2) is 4.87. The van der Waals surface area contributed by atoms with Crippen molar-refractivity contribution in [2.24, 2.45) is 0 Å². The quantitative estimate of drug-likeness (QED) is 0.828. The van der Waals surface area contributed by atoms with Gasteiger partial charge in [0.2, 0.25) is 0 Å². The summed E-state index contributed by atoms with van der Waals surface area (Å²) in [5.74, 6) is 0. The summed E-state index contributed by atoms with van der Waals surface area (Å²) in [5, 5.41) is 6.48. The molecule has 0 aromatic carbocycles. The first-order valence-corrected chi connectivity index (χ1v) is 5.98. The Morgan fingerprint density at radius 2 is 2.71 bits per heavy atom. The van der Waals surface area contributed by atoms with Crippen LogP contribution in [0.25, 0.3) is 0 Å². The molecule has 0 spiro atoms. The van der Waals surface area contributed by atoms with Gasteiger partial charge in [-0.25, -0.2) is 4.98 Å². The third-order valence-electron chi connectivity index (χ3n) is 2.51. The van der Waals surface area contributed by atoms with E-state index in [1.165, 1.54) is 12.8 Å². The number of nitrogens with one attached hydrogen (secondary N) is 1. The maximum atomic E-state index is 5.76. The fourth-order valence-electron chi connectivity index (χ4n) is 1.67. The van der Waals surface area contributed by atoms with E-state index in [0.29, 0.717) is 6.04 Å². The number of nitrogens with zero attached hydrogens (tertiary/aromatic N) is 1. The molecule has 0 saturated carbocycles. The molecule has 14 heavy (non-hydrogen) atoms. The van der Waals surface area contributed by atoms with Crippen molar-refractivity contribution in [1.29, 1.82) is 0 Å². The zero-order valence-corrected chi connectivity index (χ0v) is 9.22. The number of rotatable bonds is 4. The molecule has 0 amide bonds. The molecule has 0 bridgehead atoms. The van der Waals surface area contributed by atoms with E-state index in [-0.39, 0.29) is 6.10 Å². The molecule has 1 aliphatic heterocycles. The average Bonchev–Trinajstić information content (AvgIpc) is 2.87. The Kier molecular flexibility index (Phi) is 3.50. The molecule has 4 heteroatoms. The summed E-state index contributed by atoms with van der Waals surface area (Å²) < 4.78 is 5.76. The van der Waals surface area contributed by atoms with Gasteiger partial charge in [-0.2, -0.15) is 0 Å². The van der Waals surface area contributed by atoms with Crippen molar-refractivity contribution in [3.8, 4) is 0 Å². The Labute approximate surface area is 88.5 Å². The molecule has 1 aromatic rings. The van der Waals surface area contributed by atoms with Crippen LogP contribution < -0.4 is 5.32 Å². The van der Waals surface area contributed by atoms with Crippen LogP contribution in [0.2, 0.25) is 0 Å². The third kappa shape index (κ3) is 2.53. The lowest BCUT2D eigenvalue weighted by Gasteiger charge is -2.14. The van der Waals surface area contributed by atoms with Crippen LogP contribution >= 0.6 is 11.3 Å². The molecule has 2 unspecified atom stereocenters. The van der Waals surface area contributed by atoms with Gasteiger partial charge >= 0.3 is 0 Å². The van der Waals surface area contributed by atoms with Crippen molar-refractivity contribution in [3.05, 3.63) is 16.6 Å². The zero-order valence-electron chi connectivity index (χ0n) is 8.40. The molecule has 1 saturated heterocycles. The van der Waals surface area contributed by atoms with Crippen molar-refractivity contribution in [3.63, 3.8) is 0 Å². The van der Waals surface area contributed by atoms with Crippen molar-refractivity contribution in [1.82, 2.24) is 10.3 Å². The molecule has 1 N–H and O–H groups in total. The third-order valence-corrected chi connectivity index (χ3v) is 3.45. The van der Waals surface area contributed by atoms with Gasteiger partial charge in [0.15, 0.2) is 0 Å². The zero-order chi connectivity index (χ0) is 9.80. The maximum Gasteiger partial charge on any atom is 0.121 e. The van der Waals surface area contributed by atoms with Gasteiger partial charge in [0, 0.05) is 17.6 Å². The van der Waals surface area contributed by atoms with Gasteiger partial charge in [0.05, 0.1) is 6.61 Å². The molecule has 78 valence electrons. The van der Waals surface area contributed by atoms with Gasteiger partial charge in [-0.05, 0) is 26.3 Å². The highest BCUT2D eigenvalue weighted by molar-refractivity contribution is 7.09. The van der Waals surface area contributed by atoms with Crippen LogP contribution in [0, 0.1) is 0 Å². The summed E-state index contributed by atoms with van der Waals surface area (Å²) in [5.41, 5.74) is 0. The Balaban J connectivity index is 1.74. The number of hydrogen-bond acceptors (Lipinski definition) is 4. The second-order valence-corrected chi connectivity index (χ2v) is 4.57. The first-order chi connectivity index (χ1) is 6.86. The van der Waals surface area contributed by atoms with Gasteiger partial charge in [-0.3, -0.25) is 0 Å². The van der Waals surface area contributed by atoms with Crippen molar-refractivity contribution < 1.29 is 4.74 Å². The predicted octanol–water partition coefficient (Wildman–Crippen LogP) is 1.97. The second-order valence-electron chi connectivity index (χ2n) is 3.64. The average molecular weight is 212 g/mol. The lowest BCUT2D eigenvalue weighted by atomic mass is 10.2. The molecule has 1 aliphatic rings. The van der Waals surface area contributed by atoms with E-state index >= 15 is 0 Å². The van der Waals surface area contributed by atoms with E-state index in [4.69, 9.17) is 4.74 Å². The largest absolute Gasteiger partial charge is 0.370 e. The fraction of sp³-hybridized carbons (Fsp3) is 0.700. The van der Waals surface area contributed by atoms with Crippen molar-refractivity contribution >= 4 is 11.3 Å². The lowest BCUT2D eigenvalue weighted by molar-refractivity contribution is 0.0523. The molecular formula is C10H16N2OS. The van der Waals surface area contributed by atoms with E-state index in [0.717, 1.165) is 18.2 Å². The predicted molar refractivity (Wildman–Crippen MR) is 57.5 cm³/mol. The molecule has 0 aliphatic carbocycles. The monoisotopic (exact) mass is 212 g/mol. The van der Waals surface area contributed by atoms with E-state index < -0.39 is 0 Å². The maximum absolute atomic E-state index is 5.76. The Bertz CT molecular complexity index is 257. The van der Waals surface area contributed by atoms with Crippen LogP contribution in [0.1, 0.15) is 30.9 Å². The summed E-state index contributed by atoms with van der Waals surface area (Å²) in [6, 6.07) is 0.553. The Hall–Kier alpha value is -0.450. The van der Waals surface area contributed by atoms with Gasteiger partial charge < -0.3 is 10.1 Å². The van der Waals surface area contributed by atoms with Gasteiger partial charge in [-0.15, -0.1) is 11.3 Å². The number of thiazole rings is 1. The Morgan fingerprint density at radius 1 is 1.79 bits per heavy atom. The molecule has 1 fully saturated rings. The van der Waals surface area contributed by atoms with E-state index in [2.05, 4.69) is 17.2 Å². The molecule has 2 heterocycles. The minimum Gasteiger partial charge on any atom is -0.370 e. The summed E-state index contributed by atoms with van der Waals surface area (Å²) in [7, 11) is 0. The Morgan fingerprint density at radius 3 is 3.36 bits per heavy atom. The molecule has 2 atom stereocenters. The van der Waals surface area contributed by atoms with E-state index in [1.807, 2.05) is 11.6 Å². The highest BCUT2D eigenvalue weighted by Crippen LogP contribution is 2.19. The summed E-state index contributed by atoms with van der Waals surface area (Å²) in [6.45, 7) is 4.01.